The van der Waals surface area contributed by atoms with Crippen LogP contribution in [0.15, 0.2) is 42.0 Å². The van der Waals surface area contributed by atoms with E-state index < -0.39 is 5.97 Å². The van der Waals surface area contributed by atoms with E-state index in [0.717, 1.165) is 5.56 Å². The summed E-state index contributed by atoms with van der Waals surface area (Å²) < 4.78 is 5.08. The number of para-hydroxylation sites is 1. The van der Waals surface area contributed by atoms with Gasteiger partial charge in [0, 0.05) is 5.56 Å². The topological polar surface area (TPSA) is 26.3 Å². The summed E-state index contributed by atoms with van der Waals surface area (Å²) in [6, 6.07) is 7.11. The molecule has 0 spiro atoms. The predicted octanol–water partition coefficient (Wildman–Crippen LogP) is 3.38. The maximum atomic E-state index is 11.4. The molecule has 0 saturated heterocycles. The molecule has 0 unspecified atom stereocenters. The van der Waals surface area contributed by atoms with Crippen LogP contribution >= 0.6 is 11.6 Å². The van der Waals surface area contributed by atoms with Crippen molar-refractivity contribution in [2.24, 2.45) is 0 Å². The number of carbonyl (C=O) groups is 1. The third kappa shape index (κ3) is 2.96. The first-order valence-corrected chi connectivity index (χ1v) is 4.82. The highest BCUT2D eigenvalue weighted by atomic mass is 35.5. The fourth-order valence-electron chi connectivity index (χ4n) is 1.01. The van der Waals surface area contributed by atoms with Crippen LogP contribution in [-0.4, -0.2) is 5.97 Å². The van der Waals surface area contributed by atoms with Crippen LogP contribution in [0, 0.1) is 0 Å². The van der Waals surface area contributed by atoms with Gasteiger partial charge in [-0.05, 0) is 13.0 Å². The molecule has 78 valence electrons. The Morgan fingerprint density at radius 3 is 2.73 bits per heavy atom. The lowest BCUT2D eigenvalue weighted by atomic mass is 10.2. The minimum atomic E-state index is -0.562. The van der Waals surface area contributed by atoms with E-state index in [1.807, 2.05) is 6.07 Å². The molecule has 1 aromatic rings. The summed E-state index contributed by atoms with van der Waals surface area (Å²) in [6.07, 6.45) is 3.10. The fraction of sp³-hybridized carbons (Fsp3) is 0.0833. The summed E-state index contributed by atoms with van der Waals surface area (Å²) in [4.78, 5) is 11.4. The van der Waals surface area contributed by atoms with Gasteiger partial charge in [0.25, 0.3) is 0 Å². The Balaban J connectivity index is 2.90. The zero-order valence-electron chi connectivity index (χ0n) is 8.37. The molecule has 2 nitrogen and oxygen atoms in total. The van der Waals surface area contributed by atoms with Crippen LogP contribution in [0.5, 0.6) is 5.75 Å². The minimum absolute atomic E-state index is 0.0638. The second kappa shape index (κ2) is 5.37. The molecule has 0 aliphatic rings. The van der Waals surface area contributed by atoms with Crippen molar-refractivity contribution in [3.63, 3.8) is 0 Å². The van der Waals surface area contributed by atoms with Crippen LogP contribution < -0.4 is 4.74 Å². The lowest BCUT2D eigenvalue weighted by molar-refractivity contribution is -0.129. The molecule has 0 aliphatic carbocycles. The summed E-state index contributed by atoms with van der Waals surface area (Å²) in [6.45, 7) is 5.29. The molecule has 0 saturated carbocycles. The van der Waals surface area contributed by atoms with Crippen LogP contribution in [0.2, 0.25) is 0 Å². The van der Waals surface area contributed by atoms with Crippen molar-refractivity contribution in [1.82, 2.24) is 0 Å². The first-order chi connectivity index (χ1) is 7.19. The lowest BCUT2D eigenvalue weighted by Crippen LogP contribution is -2.08. The van der Waals surface area contributed by atoms with Crippen molar-refractivity contribution in [2.45, 2.75) is 6.92 Å². The van der Waals surface area contributed by atoms with E-state index in [9.17, 15) is 4.79 Å². The third-order valence-corrected chi connectivity index (χ3v) is 2.16. The van der Waals surface area contributed by atoms with Gasteiger partial charge >= 0.3 is 5.97 Å². The summed E-state index contributed by atoms with van der Waals surface area (Å²) in [7, 11) is 0. The SMILES string of the molecule is C=Cc1ccccc1OC(=O)/C(Cl)=C/C. The van der Waals surface area contributed by atoms with Crippen LogP contribution in [0.3, 0.4) is 0 Å². The molecule has 1 rings (SSSR count). The first-order valence-electron chi connectivity index (χ1n) is 4.44. The monoisotopic (exact) mass is 222 g/mol. The summed E-state index contributed by atoms with van der Waals surface area (Å²) in [5.74, 6) is -0.106. The minimum Gasteiger partial charge on any atom is -0.422 e. The Bertz CT molecular complexity index is 408. The highest BCUT2D eigenvalue weighted by molar-refractivity contribution is 6.41. The van der Waals surface area contributed by atoms with E-state index in [1.54, 1.807) is 31.2 Å². The molecule has 0 amide bonds. The molecule has 0 N–H and O–H groups in total. The number of halogens is 1. The van der Waals surface area contributed by atoms with Gasteiger partial charge in [0.15, 0.2) is 0 Å². The molecular formula is C12H11ClO2. The van der Waals surface area contributed by atoms with Gasteiger partial charge < -0.3 is 4.74 Å². The second-order valence-electron chi connectivity index (χ2n) is 2.77. The Morgan fingerprint density at radius 2 is 2.13 bits per heavy atom. The van der Waals surface area contributed by atoms with Gasteiger partial charge in [-0.15, -0.1) is 0 Å². The van der Waals surface area contributed by atoms with Crippen LogP contribution in [0.4, 0.5) is 0 Å². The number of hydrogen-bond acceptors (Lipinski definition) is 2. The number of benzene rings is 1. The van der Waals surface area contributed by atoms with E-state index in [0.29, 0.717) is 5.75 Å². The van der Waals surface area contributed by atoms with Crippen LogP contribution in [0.1, 0.15) is 12.5 Å². The molecule has 1 aromatic carbocycles. The molecule has 0 fully saturated rings. The number of carbonyl (C=O) groups excluding carboxylic acids is 1. The average Bonchev–Trinajstić information content (AvgIpc) is 2.28. The quantitative estimate of drug-likeness (QED) is 0.445. The smallest absolute Gasteiger partial charge is 0.354 e. The first kappa shape index (κ1) is 11.5. The maximum absolute atomic E-state index is 11.4. The van der Waals surface area contributed by atoms with Crippen molar-refractivity contribution in [2.75, 3.05) is 0 Å². The standard InChI is InChI=1S/C12H11ClO2/c1-3-9-7-5-6-8-11(9)15-12(14)10(13)4-2/h3-8H,1H2,2H3/b10-4-. The Hall–Kier alpha value is -1.54. The zero-order valence-corrected chi connectivity index (χ0v) is 9.12. The van der Waals surface area contributed by atoms with E-state index in [2.05, 4.69) is 6.58 Å². The predicted molar refractivity (Wildman–Crippen MR) is 61.8 cm³/mol. The lowest BCUT2D eigenvalue weighted by Gasteiger charge is -2.05. The molecular weight excluding hydrogens is 212 g/mol. The number of allylic oxidation sites excluding steroid dienone is 1. The van der Waals surface area contributed by atoms with E-state index in [4.69, 9.17) is 16.3 Å². The van der Waals surface area contributed by atoms with Crippen molar-refractivity contribution in [3.8, 4) is 5.75 Å². The van der Waals surface area contributed by atoms with Crippen molar-refractivity contribution in [3.05, 3.63) is 47.5 Å². The number of hydrogen-bond donors (Lipinski definition) is 0. The van der Waals surface area contributed by atoms with Gasteiger partial charge in [0.05, 0.1) is 0 Å². The molecule has 0 radical (unpaired) electrons. The van der Waals surface area contributed by atoms with Gasteiger partial charge in [0.1, 0.15) is 10.8 Å². The Morgan fingerprint density at radius 1 is 1.47 bits per heavy atom. The largest absolute Gasteiger partial charge is 0.422 e. The van der Waals surface area contributed by atoms with Gasteiger partial charge in [-0.3, -0.25) is 0 Å². The van der Waals surface area contributed by atoms with Gasteiger partial charge in [-0.25, -0.2) is 4.79 Å². The molecule has 0 heterocycles. The number of ether oxygens (including phenoxy) is 1. The molecule has 0 bridgehead atoms. The molecule has 0 aromatic heterocycles. The van der Waals surface area contributed by atoms with Gasteiger partial charge in [-0.1, -0.05) is 48.5 Å². The number of esters is 1. The molecule has 0 atom stereocenters. The average molecular weight is 223 g/mol. The Labute approximate surface area is 93.8 Å². The van der Waals surface area contributed by atoms with Crippen molar-refractivity contribution >= 4 is 23.6 Å². The Kier molecular flexibility index (Phi) is 4.13. The molecule has 3 heteroatoms. The normalized spacial score (nSPS) is 10.9. The van der Waals surface area contributed by atoms with Crippen LogP contribution in [-0.2, 0) is 4.79 Å². The summed E-state index contributed by atoms with van der Waals surface area (Å²) in [5, 5.41) is 0.0638. The van der Waals surface area contributed by atoms with E-state index in [1.165, 1.54) is 6.08 Å². The number of rotatable bonds is 3. The van der Waals surface area contributed by atoms with Crippen molar-refractivity contribution in [1.29, 1.82) is 0 Å². The third-order valence-electron chi connectivity index (χ3n) is 1.79. The van der Waals surface area contributed by atoms with Gasteiger partial charge in [-0.2, -0.15) is 0 Å². The zero-order chi connectivity index (χ0) is 11.3. The van der Waals surface area contributed by atoms with E-state index >= 15 is 0 Å². The fourth-order valence-corrected chi connectivity index (χ4v) is 1.05. The second-order valence-corrected chi connectivity index (χ2v) is 3.18. The van der Waals surface area contributed by atoms with Crippen molar-refractivity contribution < 1.29 is 9.53 Å². The van der Waals surface area contributed by atoms with Crippen LogP contribution in [0.25, 0.3) is 6.08 Å². The molecule has 15 heavy (non-hydrogen) atoms. The highest BCUT2D eigenvalue weighted by Crippen LogP contribution is 2.20. The van der Waals surface area contributed by atoms with Gasteiger partial charge in [0.2, 0.25) is 0 Å². The summed E-state index contributed by atoms with van der Waals surface area (Å²) >= 11 is 5.62. The van der Waals surface area contributed by atoms with E-state index in [-0.39, 0.29) is 5.03 Å². The summed E-state index contributed by atoms with van der Waals surface area (Å²) in [5.41, 5.74) is 0.756. The highest BCUT2D eigenvalue weighted by Gasteiger charge is 2.09. The maximum Gasteiger partial charge on any atom is 0.354 e. The molecule has 0 aliphatic heterocycles.